The van der Waals surface area contributed by atoms with E-state index in [1.54, 1.807) is 7.11 Å². The van der Waals surface area contributed by atoms with Crippen LogP contribution < -0.4 is 14.8 Å². The minimum atomic E-state index is -0.0360. The summed E-state index contributed by atoms with van der Waals surface area (Å²) in [5.74, 6) is 1.37. The minimum absolute atomic E-state index is 0.00425. The van der Waals surface area contributed by atoms with Crippen LogP contribution in [0.25, 0.3) is 0 Å². The van der Waals surface area contributed by atoms with E-state index in [1.165, 1.54) is 0 Å². The fourth-order valence-electron chi connectivity index (χ4n) is 3.17. The molecule has 0 radical (unpaired) electrons. The van der Waals surface area contributed by atoms with Crippen LogP contribution in [0.15, 0.2) is 73.1 Å². The van der Waals surface area contributed by atoms with Gasteiger partial charge in [-0.05, 0) is 42.3 Å². The van der Waals surface area contributed by atoms with Gasteiger partial charge in [-0.25, -0.2) is 0 Å². The topological polar surface area (TPSA) is 52.5 Å². The molecule has 1 aromatic heterocycles. The van der Waals surface area contributed by atoms with Crippen molar-refractivity contribution in [2.24, 2.45) is 0 Å². The van der Waals surface area contributed by atoms with Gasteiger partial charge in [0.05, 0.1) is 26.2 Å². The molecule has 1 N–H and O–H groups in total. The summed E-state index contributed by atoms with van der Waals surface area (Å²) in [5.41, 5.74) is 2.07. The number of hydrogen-bond donors (Lipinski definition) is 1. The smallest absolute Gasteiger partial charge is 0.222 e. The third kappa shape index (κ3) is 4.94. The molecule has 3 aromatic rings. The molecule has 0 saturated heterocycles. The first-order valence-electron chi connectivity index (χ1n) is 9.45. The number of hydrogen-bond acceptors (Lipinski definition) is 3. The van der Waals surface area contributed by atoms with Crippen molar-refractivity contribution in [3.05, 3.63) is 84.2 Å². The van der Waals surface area contributed by atoms with E-state index in [2.05, 4.69) is 22.0 Å². The highest BCUT2D eigenvalue weighted by Crippen LogP contribution is 2.28. The lowest BCUT2D eigenvalue weighted by Crippen LogP contribution is -2.26. The molecule has 1 amide bonds. The summed E-state index contributed by atoms with van der Waals surface area (Å²) in [6.07, 6.45) is 4.34. The van der Waals surface area contributed by atoms with Crippen molar-refractivity contribution in [2.45, 2.75) is 25.9 Å². The third-order valence-corrected chi connectivity index (χ3v) is 4.57. The van der Waals surface area contributed by atoms with Crippen LogP contribution in [-0.4, -0.2) is 24.2 Å². The summed E-state index contributed by atoms with van der Waals surface area (Å²) in [7, 11) is 1.61. The number of benzene rings is 2. The maximum absolute atomic E-state index is 12.6. The van der Waals surface area contributed by atoms with Crippen molar-refractivity contribution in [3.8, 4) is 11.5 Å². The van der Waals surface area contributed by atoms with Gasteiger partial charge < -0.3 is 19.4 Å². The fraction of sp³-hybridized carbons (Fsp3) is 0.261. The Morgan fingerprint density at radius 1 is 1.04 bits per heavy atom. The molecule has 2 aromatic carbocycles. The Balaban J connectivity index is 1.65. The Hall–Kier alpha value is -3.21. The van der Waals surface area contributed by atoms with Crippen LogP contribution in [0.1, 0.15) is 30.5 Å². The van der Waals surface area contributed by atoms with Crippen LogP contribution in [0.2, 0.25) is 0 Å². The Morgan fingerprint density at radius 3 is 2.46 bits per heavy atom. The summed E-state index contributed by atoms with van der Waals surface area (Å²) >= 11 is 0. The van der Waals surface area contributed by atoms with Crippen LogP contribution >= 0.6 is 0 Å². The maximum atomic E-state index is 12.6. The zero-order valence-corrected chi connectivity index (χ0v) is 16.3. The molecule has 28 heavy (non-hydrogen) atoms. The average Bonchev–Trinajstić information content (AvgIpc) is 3.26. The fourth-order valence-corrected chi connectivity index (χ4v) is 3.17. The van der Waals surface area contributed by atoms with Crippen molar-refractivity contribution >= 4 is 5.91 Å². The first-order chi connectivity index (χ1) is 13.7. The number of methoxy groups -OCH3 is 1. The average molecular weight is 378 g/mol. The van der Waals surface area contributed by atoms with Crippen LogP contribution in [0, 0.1) is 0 Å². The lowest BCUT2D eigenvalue weighted by Gasteiger charge is -2.19. The van der Waals surface area contributed by atoms with E-state index >= 15 is 0 Å². The van der Waals surface area contributed by atoms with Gasteiger partial charge in [-0.2, -0.15) is 0 Å². The van der Waals surface area contributed by atoms with Crippen LogP contribution in [0.4, 0.5) is 0 Å². The first-order valence-corrected chi connectivity index (χ1v) is 9.45. The normalized spacial score (nSPS) is 11.6. The predicted octanol–water partition coefficient (Wildman–Crippen LogP) is 4.19. The zero-order chi connectivity index (χ0) is 19.8. The lowest BCUT2D eigenvalue weighted by molar-refractivity contribution is -0.121. The maximum Gasteiger partial charge on any atom is 0.222 e. The second-order valence-corrected chi connectivity index (χ2v) is 6.46. The van der Waals surface area contributed by atoms with E-state index in [4.69, 9.17) is 9.47 Å². The molecule has 5 nitrogen and oxygen atoms in total. The van der Waals surface area contributed by atoms with Crippen molar-refractivity contribution in [1.29, 1.82) is 0 Å². The quantitative estimate of drug-likeness (QED) is 0.607. The number of nitrogens with zero attached hydrogens (tertiary/aromatic N) is 1. The Bertz CT molecular complexity index is 876. The van der Waals surface area contributed by atoms with E-state index in [0.29, 0.717) is 31.1 Å². The highest BCUT2D eigenvalue weighted by atomic mass is 16.5. The zero-order valence-electron chi connectivity index (χ0n) is 16.3. The van der Waals surface area contributed by atoms with Gasteiger partial charge in [0.1, 0.15) is 0 Å². The van der Waals surface area contributed by atoms with Crippen LogP contribution in [0.5, 0.6) is 11.5 Å². The minimum Gasteiger partial charge on any atom is -0.493 e. The summed E-state index contributed by atoms with van der Waals surface area (Å²) < 4.78 is 13.0. The SMILES string of the molecule is CCOc1ccc(CNC(=O)CC(c2ccccc2)n2cccc2)cc1OC. The van der Waals surface area contributed by atoms with Gasteiger partial charge >= 0.3 is 0 Å². The number of carbonyl (C=O) groups excluding carboxylic acids is 1. The molecular formula is C23H26N2O3. The van der Waals surface area contributed by atoms with E-state index in [9.17, 15) is 4.79 Å². The van der Waals surface area contributed by atoms with Crippen molar-refractivity contribution in [3.63, 3.8) is 0 Å². The van der Waals surface area contributed by atoms with Crippen LogP contribution in [0.3, 0.4) is 0 Å². The predicted molar refractivity (Wildman–Crippen MR) is 110 cm³/mol. The number of amides is 1. The van der Waals surface area contributed by atoms with E-state index in [0.717, 1.165) is 11.1 Å². The summed E-state index contributed by atoms with van der Waals surface area (Å²) in [4.78, 5) is 12.6. The van der Waals surface area contributed by atoms with Crippen molar-refractivity contribution < 1.29 is 14.3 Å². The largest absolute Gasteiger partial charge is 0.493 e. The van der Waals surface area contributed by atoms with E-state index < -0.39 is 0 Å². The number of nitrogens with one attached hydrogen (secondary N) is 1. The van der Waals surface area contributed by atoms with E-state index in [-0.39, 0.29) is 11.9 Å². The lowest BCUT2D eigenvalue weighted by atomic mass is 10.0. The summed E-state index contributed by atoms with van der Waals surface area (Å²) in [6.45, 7) is 2.95. The standard InChI is InChI=1S/C23H26N2O3/c1-3-28-21-12-11-18(15-22(21)27-2)17-24-23(26)16-20(25-13-7-8-14-25)19-9-5-4-6-10-19/h4-15,20H,3,16-17H2,1-2H3,(H,24,26). The molecule has 1 atom stereocenters. The Kier molecular flexibility index (Phi) is 6.73. The molecule has 0 spiro atoms. The molecule has 3 rings (SSSR count). The third-order valence-electron chi connectivity index (χ3n) is 4.57. The molecule has 0 fully saturated rings. The number of rotatable bonds is 9. The van der Waals surface area contributed by atoms with Gasteiger partial charge in [0.2, 0.25) is 5.91 Å². The number of carbonyl (C=O) groups is 1. The molecule has 1 heterocycles. The highest BCUT2D eigenvalue weighted by Gasteiger charge is 2.17. The van der Waals surface area contributed by atoms with Gasteiger partial charge in [0, 0.05) is 18.9 Å². The molecule has 0 aliphatic heterocycles. The van der Waals surface area contributed by atoms with Crippen LogP contribution in [-0.2, 0) is 11.3 Å². The van der Waals surface area contributed by atoms with Gasteiger partial charge in [-0.3, -0.25) is 4.79 Å². The van der Waals surface area contributed by atoms with Gasteiger partial charge in [0.15, 0.2) is 11.5 Å². The number of aromatic nitrogens is 1. The molecule has 0 bridgehead atoms. The van der Waals surface area contributed by atoms with Gasteiger partial charge in [0.25, 0.3) is 0 Å². The number of ether oxygens (including phenoxy) is 2. The van der Waals surface area contributed by atoms with Crippen molar-refractivity contribution in [2.75, 3.05) is 13.7 Å². The van der Waals surface area contributed by atoms with Gasteiger partial charge in [-0.1, -0.05) is 36.4 Å². The second kappa shape index (κ2) is 9.65. The molecule has 5 heteroatoms. The molecule has 0 aliphatic rings. The van der Waals surface area contributed by atoms with E-state index in [1.807, 2.05) is 67.8 Å². The van der Waals surface area contributed by atoms with Crippen molar-refractivity contribution in [1.82, 2.24) is 9.88 Å². The summed E-state index contributed by atoms with van der Waals surface area (Å²) in [5, 5.41) is 3.02. The molecule has 146 valence electrons. The molecule has 0 saturated carbocycles. The van der Waals surface area contributed by atoms with Gasteiger partial charge in [-0.15, -0.1) is 0 Å². The highest BCUT2D eigenvalue weighted by molar-refractivity contribution is 5.77. The summed E-state index contributed by atoms with van der Waals surface area (Å²) in [6, 6.07) is 19.7. The second-order valence-electron chi connectivity index (χ2n) is 6.46. The molecule has 1 unspecified atom stereocenters. The molecule has 0 aliphatic carbocycles. The monoisotopic (exact) mass is 378 g/mol. The Labute approximate surface area is 165 Å². The first kappa shape index (κ1) is 19.5. The molecular weight excluding hydrogens is 352 g/mol. The Morgan fingerprint density at radius 2 is 1.79 bits per heavy atom.